The summed E-state index contributed by atoms with van der Waals surface area (Å²) in [6.07, 6.45) is 2.86. The van der Waals surface area contributed by atoms with E-state index in [0.29, 0.717) is 0 Å². The molecule has 0 aliphatic carbocycles. The molecule has 1 aromatic carbocycles. The summed E-state index contributed by atoms with van der Waals surface area (Å²) in [6.45, 7) is 1.67. The molecule has 0 aliphatic heterocycles. The van der Waals surface area contributed by atoms with Gasteiger partial charge in [0.25, 0.3) is 0 Å². The smallest absolute Gasteiger partial charge is 0.193 e. The Morgan fingerprint density at radius 2 is 2.04 bits per heavy atom. The highest BCUT2D eigenvalue weighted by Crippen LogP contribution is 2.17. The lowest BCUT2D eigenvalue weighted by Gasteiger charge is -2.22. The molecule has 1 N–H and O–H groups in total. The van der Waals surface area contributed by atoms with Crippen LogP contribution >= 0.6 is 35.3 Å². The van der Waals surface area contributed by atoms with Crippen molar-refractivity contribution in [2.24, 2.45) is 4.99 Å². The van der Waals surface area contributed by atoms with Crippen LogP contribution in [0, 0.1) is 0 Å². The van der Waals surface area contributed by atoms with Crippen LogP contribution in [0.25, 0.3) is 11.3 Å². The number of guanidine groups is 1. The molecule has 142 valence electrons. The summed E-state index contributed by atoms with van der Waals surface area (Å²) in [4.78, 5) is 12.4. The van der Waals surface area contributed by atoms with Crippen LogP contribution in [0.1, 0.15) is 10.4 Å². The summed E-state index contributed by atoms with van der Waals surface area (Å²) in [6, 6.07) is 18.7. The van der Waals surface area contributed by atoms with E-state index >= 15 is 0 Å². The van der Waals surface area contributed by atoms with E-state index in [1.54, 1.807) is 11.3 Å². The molecule has 0 amide bonds. The second-order valence-electron chi connectivity index (χ2n) is 6.07. The Kier molecular flexibility index (Phi) is 8.74. The second-order valence-corrected chi connectivity index (χ2v) is 7.10. The fourth-order valence-electron chi connectivity index (χ4n) is 2.78. The molecule has 0 atom stereocenters. The van der Waals surface area contributed by atoms with Crippen LogP contribution in [0.3, 0.4) is 0 Å². The lowest BCUT2D eigenvalue weighted by atomic mass is 10.1. The molecule has 3 aromatic rings. The zero-order valence-corrected chi connectivity index (χ0v) is 18.8. The molecule has 6 heteroatoms. The number of hydrogen-bond donors (Lipinski definition) is 1. The van der Waals surface area contributed by atoms with E-state index in [4.69, 9.17) is 0 Å². The summed E-state index contributed by atoms with van der Waals surface area (Å²) in [5.41, 5.74) is 3.33. The predicted molar refractivity (Wildman–Crippen MR) is 126 cm³/mol. The third-order valence-corrected chi connectivity index (χ3v) is 5.12. The van der Waals surface area contributed by atoms with Crippen molar-refractivity contribution in [2.45, 2.75) is 13.0 Å². The van der Waals surface area contributed by atoms with Gasteiger partial charge in [0.15, 0.2) is 5.96 Å². The van der Waals surface area contributed by atoms with Gasteiger partial charge >= 0.3 is 0 Å². The average Bonchev–Trinajstić information content (AvgIpc) is 3.21. The van der Waals surface area contributed by atoms with Crippen molar-refractivity contribution in [3.63, 3.8) is 0 Å². The monoisotopic (exact) mass is 492 g/mol. The number of benzene rings is 1. The van der Waals surface area contributed by atoms with Gasteiger partial charge in [0.2, 0.25) is 0 Å². The quantitative estimate of drug-likeness (QED) is 0.309. The van der Waals surface area contributed by atoms with Gasteiger partial charge in [-0.1, -0.05) is 30.3 Å². The van der Waals surface area contributed by atoms with Crippen molar-refractivity contribution in [2.75, 3.05) is 20.6 Å². The van der Waals surface area contributed by atoms with Crippen LogP contribution < -0.4 is 5.32 Å². The molecule has 3 rings (SSSR count). The third-order valence-electron chi connectivity index (χ3n) is 4.19. The Morgan fingerprint density at radius 3 is 2.74 bits per heavy atom. The Hall–Kier alpha value is -1.93. The highest BCUT2D eigenvalue weighted by molar-refractivity contribution is 14.0. The Labute approximate surface area is 182 Å². The Morgan fingerprint density at radius 1 is 1.15 bits per heavy atom. The highest BCUT2D eigenvalue weighted by Gasteiger charge is 2.07. The van der Waals surface area contributed by atoms with Crippen LogP contribution in [0.4, 0.5) is 0 Å². The van der Waals surface area contributed by atoms with E-state index in [-0.39, 0.29) is 24.0 Å². The predicted octanol–water partition coefficient (Wildman–Crippen LogP) is 4.68. The first-order valence-electron chi connectivity index (χ1n) is 8.71. The van der Waals surface area contributed by atoms with Crippen LogP contribution in [0.5, 0.6) is 0 Å². The van der Waals surface area contributed by atoms with E-state index in [1.807, 2.05) is 31.4 Å². The van der Waals surface area contributed by atoms with Gasteiger partial charge in [-0.15, -0.1) is 35.3 Å². The molecule has 0 spiro atoms. The van der Waals surface area contributed by atoms with Crippen molar-refractivity contribution >= 4 is 41.3 Å². The number of pyridine rings is 1. The van der Waals surface area contributed by atoms with Crippen molar-refractivity contribution in [3.05, 3.63) is 76.6 Å². The van der Waals surface area contributed by atoms with Crippen LogP contribution in [-0.2, 0) is 13.0 Å². The summed E-state index contributed by atoms with van der Waals surface area (Å²) in [7, 11) is 3.90. The topological polar surface area (TPSA) is 40.5 Å². The van der Waals surface area contributed by atoms with Gasteiger partial charge in [0.05, 0.1) is 5.69 Å². The minimum Gasteiger partial charge on any atom is -0.352 e. The number of halogens is 1. The zero-order valence-electron chi connectivity index (χ0n) is 15.6. The molecular formula is C21H25IN4S. The maximum Gasteiger partial charge on any atom is 0.193 e. The van der Waals surface area contributed by atoms with Crippen molar-refractivity contribution in [1.82, 2.24) is 15.2 Å². The molecule has 0 saturated carbocycles. The Balaban J connectivity index is 0.00000261. The molecule has 4 nitrogen and oxygen atoms in total. The number of rotatable bonds is 6. The molecule has 0 radical (unpaired) electrons. The van der Waals surface area contributed by atoms with Crippen LogP contribution in [-0.4, -0.2) is 36.5 Å². The largest absolute Gasteiger partial charge is 0.352 e. The number of likely N-dealkylation sites (N-methyl/N-ethyl adjacent to an activating group) is 1. The fraction of sp³-hybridized carbons (Fsp3) is 0.238. The lowest BCUT2D eigenvalue weighted by Crippen LogP contribution is -2.39. The van der Waals surface area contributed by atoms with Crippen molar-refractivity contribution in [1.29, 1.82) is 0 Å². The van der Waals surface area contributed by atoms with Crippen molar-refractivity contribution in [3.8, 4) is 11.3 Å². The van der Waals surface area contributed by atoms with E-state index in [1.165, 1.54) is 10.4 Å². The first-order valence-corrected chi connectivity index (χ1v) is 9.59. The lowest BCUT2D eigenvalue weighted by molar-refractivity contribution is 0.486. The molecule has 0 unspecified atom stereocenters. The summed E-state index contributed by atoms with van der Waals surface area (Å²) < 4.78 is 0. The zero-order chi connectivity index (χ0) is 18.2. The summed E-state index contributed by atoms with van der Waals surface area (Å²) >= 11 is 1.80. The molecule has 0 bridgehead atoms. The highest BCUT2D eigenvalue weighted by atomic mass is 127. The van der Waals surface area contributed by atoms with E-state index < -0.39 is 0 Å². The van der Waals surface area contributed by atoms with E-state index in [2.05, 4.69) is 69.0 Å². The fourth-order valence-corrected chi connectivity index (χ4v) is 3.48. The second kappa shape index (κ2) is 11.0. The molecule has 27 heavy (non-hydrogen) atoms. The molecular weight excluding hydrogens is 467 g/mol. The van der Waals surface area contributed by atoms with E-state index in [9.17, 15) is 0 Å². The maximum atomic E-state index is 4.43. The standard InChI is InChI=1S/C21H24N4S.HI/c1-22-21(25(2)13-11-19-9-6-14-26-19)24-16-17-7-5-8-18(15-17)20-10-3-4-12-23-20;/h3-10,12,14-15H,11,13,16H2,1-2H3,(H,22,24);1H. The minimum absolute atomic E-state index is 0. The van der Waals surface area contributed by atoms with Gasteiger partial charge in [-0.2, -0.15) is 0 Å². The normalized spacial score (nSPS) is 11.0. The first kappa shape index (κ1) is 21.4. The minimum atomic E-state index is 0. The number of aromatic nitrogens is 1. The average molecular weight is 492 g/mol. The number of nitrogens with zero attached hydrogens (tertiary/aromatic N) is 3. The first-order chi connectivity index (χ1) is 12.8. The SMILES string of the molecule is CN=C(NCc1cccc(-c2ccccn2)c1)N(C)CCc1cccs1.I. The van der Waals surface area contributed by atoms with Crippen molar-refractivity contribution < 1.29 is 0 Å². The molecule has 2 heterocycles. The van der Waals surface area contributed by atoms with Gasteiger partial charge in [-0.05, 0) is 41.6 Å². The number of aliphatic imine (C=N–C) groups is 1. The van der Waals surface area contributed by atoms with Crippen LogP contribution in [0.2, 0.25) is 0 Å². The van der Waals surface area contributed by atoms with Crippen LogP contribution in [0.15, 0.2) is 71.2 Å². The summed E-state index contributed by atoms with van der Waals surface area (Å²) in [5, 5.41) is 5.58. The number of thiophene rings is 1. The Bertz CT molecular complexity index is 834. The molecule has 0 aliphatic rings. The molecule has 0 fully saturated rings. The van der Waals surface area contributed by atoms with E-state index in [0.717, 1.165) is 36.7 Å². The molecule has 2 aromatic heterocycles. The van der Waals surface area contributed by atoms with Gasteiger partial charge in [-0.25, -0.2) is 0 Å². The summed E-state index contributed by atoms with van der Waals surface area (Å²) in [5.74, 6) is 0.907. The number of nitrogens with one attached hydrogen (secondary N) is 1. The third kappa shape index (κ3) is 6.32. The van der Waals surface area contributed by atoms with Gasteiger partial charge in [0, 0.05) is 43.8 Å². The maximum absolute atomic E-state index is 4.43. The van der Waals surface area contributed by atoms with Gasteiger partial charge in [-0.3, -0.25) is 9.98 Å². The number of hydrogen-bond acceptors (Lipinski definition) is 3. The van der Waals surface area contributed by atoms with Gasteiger partial charge < -0.3 is 10.2 Å². The van der Waals surface area contributed by atoms with Gasteiger partial charge in [0.1, 0.15) is 0 Å². The molecule has 0 saturated heterocycles.